The van der Waals surface area contributed by atoms with Crippen molar-refractivity contribution in [2.24, 2.45) is 0 Å². The topological polar surface area (TPSA) is 73.9 Å². The van der Waals surface area contributed by atoms with Crippen LogP contribution < -0.4 is 14.8 Å². The van der Waals surface area contributed by atoms with Crippen LogP contribution in [-0.2, 0) is 9.53 Å². The monoisotopic (exact) mass is 371 g/mol. The Morgan fingerprint density at radius 3 is 2.19 bits per heavy atom. The molecule has 0 bridgehead atoms. The number of carbonyl (C=O) groups is 2. The molecular weight excluding hydrogens is 346 g/mol. The van der Waals surface area contributed by atoms with Gasteiger partial charge in [-0.15, -0.1) is 0 Å². The van der Waals surface area contributed by atoms with Crippen molar-refractivity contribution < 1.29 is 23.8 Å². The minimum absolute atomic E-state index is 0.150. The second kappa shape index (κ2) is 9.07. The van der Waals surface area contributed by atoms with E-state index in [9.17, 15) is 9.59 Å². The van der Waals surface area contributed by atoms with Crippen molar-refractivity contribution >= 4 is 11.9 Å². The van der Waals surface area contributed by atoms with Gasteiger partial charge >= 0.3 is 5.97 Å². The number of esters is 1. The lowest BCUT2D eigenvalue weighted by Gasteiger charge is -2.16. The van der Waals surface area contributed by atoms with E-state index >= 15 is 0 Å². The van der Waals surface area contributed by atoms with Gasteiger partial charge in [-0.3, -0.25) is 4.79 Å². The first-order valence-electron chi connectivity index (χ1n) is 8.62. The van der Waals surface area contributed by atoms with Gasteiger partial charge in [0.15, 0.2) is 6.61 Å². The first-order chi connectivity index (χ1) is 12.9. The number of amides is 1. The Hall–Kier alpha value is -3.02. The van der Waals surface area contributed by atoms with E-state index in [-0.39, 0.29) is 17.5 Å². The van der Waals surface area contributed by atoms with Crippen molar-refractivity contribution in [1.82, 2.24) is 5.32 Å². The number of aryl methyl sites for hydroxylation is 2. The number of carbonyl (C=O) groups excluding carboxylic acids is 2. The number of ether oxygens (including phenoxy) is 3. The lowest BCUT2D eigenvalue weighted by atomic mass is 10.0. The minimum atomic E-state index is -0.682. The number of rotatable bonds is 7. The molecule has 6 heteroatoms. The molecule has 6 nitrogen and oxygen atoms in total. The first kappa shape index (κ1) is 20.3. The van der Waals surface area contributed by atoms with Gasteiger partial charge in [0.2, 0.25) is 0 Å². The molecular formula is C21H25NO5. The van der Waals surface area contributed by atoms with Crippen LogP contribution in [0.25, 0.3) is 0 Å². The van der Waals surface area contributed by atoms with E-state index in [0.717, 1.165) is 11.1 Å². The molecule has 1 N–H and O–H groups in total. The van der Waals surface area contributed by atoms with E-state index in [4.69, 9.17) is 14.2 Å². The third kappa shape index (κ3) is 5.00. The van der Waals surface area contributed by atoms with Gasteiger partial charge in [0.25, 0.3) is 5.91 Å². The van der Waals surface area contributed by atoms with Crippen LogP contribution in [0.5, 0.6) is 11.5 Å². The molecule has 0 saturated heterocycles. The summed E-state index contributed by atoms with van der Waals surface area (Å²) in [6, 6.07) is 10.8. The highest BCUT2D eigenvalue weighted by molar-refractivity contribution is 5.96. The van der Waals surface area contributed by atoms with Crippen molar-refractivity contribution in [1.29, 1.82) is 0 Å². The van der Waals surface area contributed by atoms with Crippen LogP contribution in [0.15, 0.2) is 36.4 Å². The highest BCUT2D eigenvalue weighted by atomic mass is 16.5. The average molecular weight is 371 g/mol. The van der Waals surface area contributed by atoms with Gasteiger partial charge in [0, 0.05) is 0 Å². The fraction of sp³-hybridized carbons (Fsp3) is 0.333. The van der Waals surface area contributed by atoms with Crippen LogP contribution in [0.4, 0.5) is 0 Å². The molecule has 0 fully saturated rings. The fourth-order valence-electron chi connectivity index (χ4n) is 2.66. The summed E-state index contributed by atoms with van der Waals surface area (Å²) in [5.41, 5.74) is 3.49. The van der Waals surface area contributed by atoms with Gasteiger partial charge in [-0.05, 0) is 49.6 Å². The van der Waals surface area contributed by atoms with Gasteiger partial charge in [0.1, 0.15) is 17.1 Å². The molecule has 1 amide bonds. The quantitative estimate of drug-likeness (QED) is 0.756. The third-order valence-electron chi connectivity index (χ3n) is 4.37. The summed E-state index contributed by atoms with van der Waals surface area (Å²) >= 11 is 0. The zero-order valence-electron chi connectivity index (χ0n) is 16.3. The zero-order valence-corrected chi connectivity index (χ0v) is 16.3. The molecule has 2 aromatic rings. The Labute approximate surface area is 159 Å². The summed E-state index contributed by atoms with van der Waals surface area (Å²) in [6.45, 7) is 5.55. The van der Waals surface area contributed by atoms with Gasteiger partial charge in [-0.2, -0.15) is 0 Å². The van der Waals surface area contributed by atoms with Crippen LogP contribution >= 0.6 is 0 Å². The molecule has 0 radical (unpaired) electrons. The summed E-state index contributed by atoms with van der Waals surface area (Å²) in [4.78, 5) is 24.6. The molecule has 144 valence electrons. The van der Waals surface area contributed by atoms with E-state index in [1.54, 1.807) is 18.2 Å². The smallest absolute Gasteiger partial charge is 0.346 e. The first-order valence-corrected chi connectivity index (χ1v) is 8.62. The van der Waals surface area contributed by atoms with Crippen molar-refractivity contribution in [3.63, 3.8) is 0 Å². The number of methoxy groups -OCH3 is 2. The lowest BCUT2D eigenvalue weighted by molar-refractivity contribution is -0.124. The van der Waals surface area contributed by atoms with Crippen molar-refractivity contribution in [2.45, 2.75) is 26.8 Å². The van der Waals surface area contributed by atoms with Crippen molar-refractivity contribution in [3.8, 4) is 11.5 Å². The van der Waals surface area contributed by atoms with Crippen LogP contribution in [0.1, 0.15) is 40.0 Å². The maximum Gasteiger partial charge on any atom is 0.346 e. The second-order valence-electron chi connectivity index (χ2n) is 6.25. The van der Waals surface area contributed by atoms with Gasteiger partial charge in [-0.1, -0.05) is 24.3 Å². The fourth-order valence-corrected chi connectivity index (χ4v) is 2.66. The summed E-state index contributed by atoms with van der Waals surface area (Å²) in [5, 5.41) is 2.83. The maximum atomic E-state index is 12.4. The lowest BCUT2D eigenvalue weighted by Crippen LogP contribution is -2.31. The van der Waals surface area contributed by atoms with Crippen LogP contribution in [0.2, 0.25) is 0 Å². The van der Waals surface area contributed by atoms with Crippen LogP contribution in [0.3, 0.4) is 0 Å². The molecule has 27 heavy (non-hydrogen) atoms. The number of hydrogen-bond donors (Lipinski definition) is 1. The predicted octanol–water partition coefficient (Wildman–Crippen LogP) is 3.35. The molecule has 2 rings (SSSR count). The molecule has 0 aliphatic carbocycles. The summed E-state index contributed by atoms with van der Waals surface area (Å²) in [5.74, 6) is -0.423. The van der Waals surface area contributed by atoms with Gasteiger partial charge < -0.3 is 19.5 Å². The maximum absolute atomic E-state index is 12.4. The Balaban J connectivity index is 1.99. The normalized spacial score (nSPS) is 11.4. The highest BCUT2D eigenvalue weighted by Crippen LogP contribution is 2.28. The highest BCUT2D eigenvalue weighted by Gasteiger charge is 2.21. The largest absolute Gasteiger partial charge is 0.496 e. The molecule has 0 spiro atoms. The minimum Gasteiger partial charge on any atom is -0.496 e. The Morgan fingerprint density at radius 2 is 1.63 bits per heavy atom. The van der Waals surface area contributed by atoms with E-state index < -0.39 is 12.6 Å². The Morgan fingerprint density at radius 1 is 1.00 bits per heavy atom. The molecule has 2 aromatic carbocycles. The van der Waals surface area contributed by atoms with Gasteiger partial charge in [-0.25, -0.2) is 4.79 Å². The second-order valence-corrected chi connectivity index (χ2v) is 6.25. The van der Waals surface area contributed by atoms with E-state index in [1.807, 2.05) is 39.0 Å². The number of benzene rings is 2. The Kier molecular flexibility index (Phi) is 6.82. The third-order valence-corrected chi connectivity index (χ3v) is 4.37. The van der Waals surface area contributed by atoms with E-state index in [0.29, 0.717) is 11.5 Å². The molecule has 0 aliphatic heterocycles. The predicted molar refractivity (Wildman–Crippen MR) is 102 cm³/mol. The summed E-state index contributed by atoms with van der Waals surface area (Å²) < 4.78 is 15.5. The molecule has 1 atom stereocenters. The van der Waals surface area contributed by atoms with Gasteiger partial charge in [0.05, 0.1) is 20.3 Å². The van der Waals surface area contributed by atoms with Crippen molar-refractivity contribution in [2.75, 3.05) is 20.8 Å². The molecule has 0 aromatic heterocycles. The molecule has 0 heterocycles. The molecule has 0 unspecified atom stereocenters. The van der Waals surface area contributed by atoms with E-state index in [2.05, 4.69) is 5.32 Å². The molecule has 0 saturated carbocycles. The standard InChI is InChI=1S/C21H25NO5/c1-13-9-10-16(11-14(13)2)15(3)22-19(23)12-27-21(24)20-17(25-4)7-6-8-18(20)26-5/h6-11,15H,12H2,1-5H3,(H,22,23)/t15-/m0/s1. The number of hydrogen-bond acceptors (Lipinski definition) is 5. The SMILES string of the molecule is COc1cccc(OC)c1C(=O)OCC(=O)N[C@@H](C)c1ccc(C)c(C)c1. The van der Waals surface area contributed by atoms with Crippen molar-refractivity contribution in [3.05, 3.63) is 58.7 Å². The summed E-state index contributed by atoms with van der Waals surface area (Å²) in [7, 11) is 2.90. The van der Waals surface area contributed by atoms with E-state index in [1.165, 1.54) is 19.8 Å². The average Bonchev–Trinajstić information content (AvgIpc) is 2.67. The number of nitrogens with one attached hydrogen (secondary N) is 1. The molecule has 0 aliphatic rings. The summed E-state index contributed by atoms with van der Waals surface area (Å²) in [6.07, 6.45) is 0. The van der Waals surface area contributed by atoms with Crippen LogP contribution in [0, 0.1) is 13.8 Å². The Bertz CT molecular complexity index is 809. The zero-order chi connectivity index (χ0) is 20.0. The van der Waals surface area contributed by atoms with Crippen LogP contribution in [-0.4, -0.2) is 32.7 Å².